The van der Waals surface area contributed by atoms with E-state index >= 15 is 0 Å². The predicted molar refractivity (Wildman–Crippen MR) is 69.4 cm³/mol. The minimum Gasteiger partial charge on any atom is -0.382 e. The number of aliphatic imine (C=N–C) groups is 1. The monoisotopic (exact) mass is 241 g/mol. The fourth-order valence-electron chi connectivity index (χ4n) is 1.61. The first kappa shape index (κ1) is 14.0. The quantitative estimate of drug-likeness (QED) is 0.295. The van der Waals surface area contributed by atoms with Gasteiger partial charge in [0, 0.05) is 26.7 Å². The van der Waals surface area contributed by atoms with E-state index in [1.54, 1.807) is 14.2 Å². The fourth-order valence-corrected chi connectivity index (χ4v) is 1.61. The molecule has 0 amide bonds. The lowest BCUT2D eigenvalue weighted by Crippen LogP contribution is -2.43. The second-order valence-corrected chi connectivity index (χ2v) is 3.89. The van der Waals surface area contributed by atoms with Crippen molar-refractivity contribution in [1.29, 1.82) is 0 Å². The highest BCUT2D eigenvalue weighted by Crippen LogP contribution is 2.08. The molecule has 98 valence electrons. The number of nitrogens with zero attached hydrogens (tertiary/aromatic N) is 1. The second kappa shape index (κ2) is 9.01. The molecule has 0 heterocycles. The first-order valence-corrected chi connectivity index (χ1v) is 6.05. The zero-order valence-corrected chi connectivity index (χ0v) is 10.7. The summed E-state index contributed by atoms with van der Waals surface area (Å²) in [7, 11) is 3.45. The van der Waals surface area contributed by atoms with Crippen molar-refractivity contribution in [3.8, 4) is 0 Å². The van der Waals surface area contributed by atoms with E-state index in [1.165, 1.54) is 0 Å². The normalized spacial score (nSPS) is 16.5. The van der Waals surface area contributed by atoms with Crippen LogP contribution in [0.15, 0.2) is 17.1 Å². The van der Waals surface area contributed by atoms with Gasteiger partial charge in [0.1, 0.15) is 0 Å². The highest BCUT2D eigenvalue weighted by molar-refractivity contribution is 5.80. The van der Waals surface area contributed by atoms with Crippen molar-refractivity contribution in [3.05, 3.63) is 12.2 Å². The smallest absolute Gasteiger partial charge is 0.191 e. The van der Waals surface area contributed by atoms with Crippen LogP contribution in [0.1, 0.15) is 12.8 Å². The predicted octanol–water partition coefficient (Wildman–Crippen LogP) is 0.533. The molecule has 2 N–H and O–H groups in total. The minimum absolute atomic E-state index is 0.482. The number of ether oxygens (including phenoxy) is 2. The van der Waals surface area contributed by atoms with Crippen LogP contribution in [0.2, 0.25) is 0 Å². The molecule has 1 aliphatic rings. The van der Waals surface area contributed by atoms with Crippen molar-refractivity contribution >= 4 is 5.96 Å². The van der Waals surface area contributed by atoms with Crippen molar-refractivity contribution in [2.24, 2.45) is 4.99 Å². The van der Waals surface area contributed by atoms with Crippen LogP contribution in [-0.4, -0.2) is 52.5 Å². The Labute approximate surface area is 103 Å². The number of nitrogens with one attached hydrogen (secondary N) is 2. The van der Waals surface area contributed by atoms with E-state index in [0.717, 1.165) is 25.3 Å². The average Bonchev–Trinajstić information content (AvgIpc) is 2.85. The lowest BCUT2D eigenvalue weighted by Gasteiger charge is -2.16. The van der Waals surface area contributed by atoms with Gasteiger partial charge in [-0.25, -0.2) is 0 Å². The molecule has 0 atom stereocenters. The zero-order valence-electron chi connectivity index (χ0n) is 10.7. The topological polar surface area (TPSA) is 54.9 Å². The van der Waals surface area contributed by atoms with Crippen LogP contribution in [0.4, 0.5) is 0 Å². The minimum atomic E-state index is 0.482. The summed E-state index contributed by atoms with van der Waals surface area (Å²) in [5, 5.41) is 6.58. The van der Waals surface area contributed by atoms with Crippen LogP contribution >= 0.6 is 0 Å². The molecule has 0 aromatic rings. The van der Waals surface area contributed by atoms with Gasteiger partial charge in [-0.15, -0.1) is 0 Å². The fraction of sp³-hybridized carbons (Fsp3) is 0.750. The second-order valence-electron chi connectivity index (χ2n) is 3.89. The van der Waals surface area contributed by atoms with Crippen LogP contribution in [0, 0.1) is 0 Å². The van der Waals surface area contributed by atoms with Gasteiger partial charge in [0.05, 0.1) is 19.8 Å². The first-order valence-electron chi connectivity index (χ1n) is 6.05. The summed E-state index contributed by atoms with van der Waals surface area (Å²) >= 11 is 0. The maximum absolute atomic E-state index is 5.36. The molecule has 17 heavy (non-hydrogen) atoms. The van der Waals surface area contributed by atoms with Gasteiger partial charge >= 0.3 is 0 Å². The third-order valence-corrected chi connectivity index (χ3v) is 2.54. The number of rotatable bonds is 7. The molecule has 5 nitrogen and oxygen atoms in total. The van der Waals surface area contributed by atoms with Crippen LogP contribution in [-0.2, 0) is 9.47 Å². The SMILES string of the molecule is CN=C(NCCOCCOC)NC1CC=CC1. The van der Waals surface area contributed by atoms with Gasteiger partial charge in [-0.1, -0.05) is 12.2 Å². The standard InChI is InChI=1S/C12H23N3O2/c1-13-12(15-11-5-3-4-6-11)14-7-8-17-10-9-16-2/h3-4,11H,5-10H2,1-2H3,(H2,13,14,15). The van der Waals surface area contributed by atoms with Crippen molar-refractivity contribution in [2.75, 3.05) is 40.5 Å². The lowest BCUT2D eigenvalue weighted by atomic mass is 10.2. The van der Waals surface area contributed by atoms with Crippen molar-refractivity contribution in [3.63, 3.8) is 0 Å². The maximum atomic E-state index is 5.36. The molecule has 5 heteroatoms. The molecule has 0 aliphatic heterocycles. The molecule has 0 radical (unpaired) electrons. The number of guanidine groups is 1. The summed E-state index contributed by atoms with van der Waals surface area (Å²) < 4.78 is 10.2. The van der Waals surface area contributed by atoms with Crippen LogP contribution in [0.25, 0.3) is 0 Å². The number of hydrogen-bond acceptors (Lipinski definition) is 3. The van der Waals surface area contributed by atoms with E-state index in [2.05, 4.69) is 27.8 Å². The highest BCUT2D eigenvalue weighted by atomic mass is 16.5. The lowest BCUT2D eigenvalue weighted by molar-refractivity contribution is 0.0733. The Morgan fingerprint density at radius 2 is 2.06 bits per heavy atom. The molecular formula is C12H23N3O2. The van der Waals surface area contributed by atoms with Gasteiger partial charge < -0.3 is 20.1 Å². The van der Waals surface area contributed by atoms with Gasteiger partial charge in [0.25, 0.3) is 0 Å². The molecule has 0 aromatic heterocycles. The Bertz CT molecular complexity index is 246. The summed E-state index contributed by atoms with van der Waals surface area (Å²) in [5.74, 6) is 0.842. The first-order chi connectivity index (χ1) is 8.36. The van der Waals surface area contributed by atoms with Crippen LogP contribution in [0.5, 0.6) is 0 Å². The average molecular weight is 241 g/mol. The Morgan fingerprint density at radius 3 is 2.71 bits per heavy atom. The van der Waals surface area contributed by atoms with E-state index in [-0.39, 0.29) is 0 Å². The summed E-state index contributed by atoms with van der Waals surface area (Å²) in [6, 6.07) is 0.482. The van der Waals surface area contributed by atoms with Crippen LogP contribution < -0.4 is 10.6 Å². The van der Waals surface area contributed by atoms with Crippen molar-refractivity contribution in [1.82, 2.24) is 10.6 Å². The molecule has 0 aromatic carbocycles. The van der Waals surface area contributed by atoms with E-state index in [0.29, 0.717) is 25.9 Å². The van der Waals surface area contributed by atoms with Gasteiger partial charge in [0.15, 0.2) is 5.96 Å². The Kier molecular flexibility index (Phi) is 7.42. The van der Waals surface area contributed by atoms with Gasteiger partial charge in [-0.3, -0.25) is 4.99 Å². The molecule has 0 bridgehead atoms. The summed E-state index contributed by atoms with van der Waals surface area (Å²) in [6.45, 7) is 2.69. The molecule has 1 rings (SSSR count). The highest BCUT2D eigenvalue weighted by Gasteiger charge is 2.10. The van der Waals surface area contributed by atoms with E-state index in [1.807, 2.05) is 0 Å². The number of hydrogen-bond donors (Lipinski definition) is 2. The van der Waals surface area contributed by atoms with E-state index < -0.39 is 0 Å². The number of methoxy groups -OCH3 is 1. The molecule has 0 saturated heterocycles. The van der Waals surface area contributed by atoms with Crippen molar-refractivity contribution in [2.45, 2.75) is 18.9 Å². The largest absolute Gasteiger partial charge is 0.382 e. The molecular weight excluding hydrogens is 218 g/mol. The molecule has 1 aliphatic carbocycles. The van der Waals surface area contributed by atoms with E-state index in [4.69, 9.17) is 9.47 Å². The summed E-state index contributed by atoms with van der Waals surface area (Å²) in [6.07, 6.45) is 6.54. The van der Waals surface area contributed by atoms with Gasteiger partial charge in [-0.2, -0.15) is 0 Å². The molecule has 0 saturated carbocycles. The van der Waals surface area contributed by atoms with Crippen LogP contribution in [0.3, 0.4) is 0 Å². The zero-order chi connectivity index (χ0) is 12.3. The van der Waals surface area contributed by atoms with Gasteiger partial charge in [-0.05, 0) is 12.8 Å². The molecule has 0 unspecified atom stereocenters. The van der Waals surface area contributed by atoms with Crippen molar-refractivity contribution < 1.29 is 9.47 Å². The summed E-state index contributed by atoms with van der Waals surface area (Å²) in [5.41, 5.74) is 0. The Morgan fingerprint density at radius 1 is 1.29 bits per heavy atom. The third-order valence-electron chi connectivity index (χ3n) is 2.54. The molecule has 0 fully saturated rings. The Hall–Kier alpha value is -1.07. The summed E-state index contributed by atoms with van der Waals surface area (Å²) in [4.78, 5) is 4.17. The maximum Gasteiger partial charge on any atom is 0.191 e. The third kappa shape index (κ3) is 6.28. The van der Waals surface area contributed by atoms with Gasteiger partial charge in [0.2, 0.25) is 0 Å². The Balaban J connectivity index is 2.02. The van der Waals surface area contributed by atoms with E-state index in [9.17, 15) is 0 Å². The molecule has 0 spiro atoms.